The topological polar surface area (TPSA) is 50.4 Å². The van der Waals surface area contributed by atoms with E-state index in [1.807, 2.05) is 0 Å². The number of carbonyl (C=O) groups excluding carboxylic acids is 1. The first-order valence-corrected chi connectivity index (χ1v) is 7.91. The molecule has 3 aliphatic rings. The van der Waals surface area contributed by atoms with Gasteiger partial charge in [0.05, 0.1) is 19.1 Å². The van der Waals surface area contributed by atoms with Crippen LogP contribution in [-0.2, 0) is 9.53 Å². The smallest absolute Gasteiger partial charge is 0.227 e. The van der Waals surface area contributed by atoms with Crippen molar-refractivity contribution in [3.63, 3.8) is 0 Å². The Hall–Kier alpha value is -0.610. The maximum Gasteiger partial charge on any atom is 0.227 e. The van der Waals surface area contributed by atoms with Crippen molar-refractivity contribution in [2.75, 3.05) is 19.8 Å². The number of nitrogens with one attached hydrogen (secondary N) is 2. The molecule has 19 heavy (non-hydrogen) atoms. The normalized spacial score (nSPS) is 30.8. The van der Waals surface area contributed by atoms with Crippen LogP contribution in [0.1, 0.15) is 39.0 Å². The highest BCUT2D eigenvalue weighted by Gasteiger charge is 2.44. The van der Waals surface area contributed by atoms with Gasteiger partial charge in [-0.2, -0.15) is 0 Å². The fourth-order valence-electron chi connectivity index (χ4n) is 3.15. The van der Waals surface area contributed by atoms with E-state index in [0.29, 0.717) is 19.3 Å². The lowest BCUT2D eigenvalue weighted by Crippen LogP contribution is -2.48. The third-order valence-corrected chi connectivity index (χ3v) is 4.64. The van der Waals surface area contributed by atoms with E-state index in [1.54, 1.807) is 0 Å². The maximum absolute atomic E-state index is 12.5. The molecule has 2 saturated carbocycles. The lowest BCUT2D eigenvalue weighted by Gasteiger charge is -2.23. The van der Waals surface area contributed by atoms with Gasteiger partial charge in [-0.05, 0) is 50.5 Å². The van der Waals surface area contributed by atoms with Crippen LogP contribution in [0.4, 0.5) is 0 Å². The van der Waals surface area contributed by atoms with Gasteiger partial charge in [-0.25, -0.2) is 0 Å². The molecule has 0 aromatic heterocycles. The summed E-state index contributed by atoms with van der Waals surface area (Å²) in [6.45, 7) is 4.37. The zero-order chi connectivity index (χ0) is 13.2. The number of hydrogen-bond donors (Lipinski definition) is 2. The van der Waals surface area contributed by atoms with E-state index >= 15 is 0 Å². The van der Waals surface area contributed by atoms with Crippen molar-refractivity contribution in [3.05, 3.63) is 0 Å². The molecule has 2 atom stereocenters. The van der Waals surface area contributed by atoms with E-state index in [4.69, 9.17) is 4.74 Å². The van der Waals surface area contributed by atoms with Gasteiger partial charge in [-0.1, -0.05) is 6.92 Å². The summed E-state index contributed by atoms with van der Waals surface area (Å²) >= 11 is 0. The molecule has 1 aliphatic heterocycles. The van der Waals surface area contributed by atoms with Crippen LogP contribution in [0.3, 0.4) is 0 Å². The minimum atomic E-state index is 0.00606. The Morgan fingerprint density at radius 3 is 2.47 bits per heavy atom. The Balaban J connectivity index is 1.53. The van der Waals surface area contributed by atoms with Gasteiger partial charge in [0.25, 0.3) is 0 Å². The average molecular weight is 266 g/mol. The summed E-state index contributed by atoms with van der Waals surface area (Å²) in [6.07, 6.45) is 6.32. The minimum Gasteiger partial charge on any atom is -0.379 e. The van der Waals surface area contributed by atoms with Gasteiger partial charge in [-0.15, -0.1) is 0 Å². The van der Waals surface area contributed by atoms with Crippen LogP contribution in [0.2, 0.25) is 0 Å². The van der Waals surface area contributed by atoms with Crippen LogP contribution in [-0.4, -0.2) is 37.7 Å². The highest BCUT2D eigenvalue weighted by Crippen LogP contribution is 2.44. The van der Waals surface area contributed by atoms with Crippen LogP contribution in [0, 0.1) is 17.8 Å². The largest absolute Gasteiger partial charge is 0.379 e. The van der Waals surface area contributed by atoms with Crippen molar-refractivity contribution in [2.24, 2.45) is 17.8 Å². The molecular weight excluding hydrogens is 240 g/mol. The summed E-state index contributed by atoms with van der Waals surface area (Å²) in [5.41, 5.74) is 0. The molecule has 108 valence electrons. The van der Waals surface area contributed by atoms with Crippen LogP contribution in [0.5, 0.6) is 0 Å². The Morgan fingerprint density at radius 2 is 1.89 bits per heavy atom. The summed E-state index contributed by atoms with van der Waals surface area (Å²) in [5, 5.41) is 6.77. The fourth-order valence-corrected chi connectivity index (χ4v) is 3.15. The first-order chi connectivity index (χ1) is 9.29. The third-order valence-electron chi connectivity index (χ3n) is 4.64. The zero-order valence-electron chi connectivity index (χ0n) is 11.9. The molecule has 0 spiro atoms. The highest BCUT2D eigenvalue weighted by atomic mass is 16.5. The molecule has 3 fully saturated rings. The van der Waals surface area contributed by atoms with E-state index in [2.05, 4.69) is 17.6 Å². The lowest BCUT2D eigenvalue weighted by molar-refractivity contribution is -0.126. The summed E-state index contributed by atoms with van der Waals surface area (Å²) in [5.74, 6) is 1.75. The minimum absolute atomic E-state index is 0.00606. The predicted molar refractivity (Wildman–Crippen MR) is 73.8 cm³/mol. The van der Waals surface area contributed by atoms with Crippen LogP contribution >= 0.6 is 0 Å². The molecule has 0 aromatic rings. The number of ether oxygens (including phenoxy) is 1. The van der Waals surface area contributed by atoms with Gasteiger partial charge in [0, 0.05) is 12.1 Å². The molecule has 0 aromatic carbocycles. The molecule has 1 saturated heterocycles. The quantitative estimate of drug-likeness (QED) is 0.730. The van der Waals surface area contributed by atoms with Crippen LogP contribution in [0.25, 0.3) is 0 Å². The van der Waals surface area contributed by atoms with E-state index in [1.165, 1.54) is 25.7 Å². The van der Waals surface area contributed by atoms with E-state index in [-0.39, 0.29) is 17.9 Å². The Morgan fingerprint density at radius 1 is 1.21 bits per heavy atom. The highest BCUT2D eigenvalue weighted by molar-refractivity contribution is 5.80. The van der Waals surface area contributed by atoms with Gasteiger partial charge >= 0.3 is 0 Å². The molecule has 0 bridgehead atoms. The average Bonchev–Trinajstić information content (AvgIpc) is 3.31. The molecular formula is C15H26N2O2. The molecule has 3 rings (SSSR count). The monoisotopic (exact) mass is 266 g/mol. The zero-order valence-corrected chi connectivity index (χ0v) is 11.9. The van der Waals surface area contributed by atoms with E-state index < -0.39 is 0 Å². The van der Waals surface area contributed by atoms with Crippen molar-refractivity contribution in [1.82, 2.24) is 10.6 Å². The van der Waals surface area contributed by atoms with Gasteiger partial charge in [-0.3, -0.25) is 4.79 Å². The molecule has 2 aliphatic carbocycles. The molecule has 4 heteroatoms. The summed E-state index contributed by atoms with van der Waals surface area (Å²) in [4.78, 5) is 12.5. The lowest BCUT2D eigenvalue weighted by atomic mass is 10.0. The first kappa shape index (κ1) is 13.4. The molecule has 4 nitrogen and oxygen atoms in total. The number of rotatable bonds is 7. The van der Waals surface area contributed by atoms with E-state index in [9.17, 15) is 4.79 Å². The second-order valence-electron chi connectivity index (χ2n) is 6.41. The van der Waals surface area contributed by atoms with Crippen molar-refractivity contribution >= 4 is 5.91 Å². The van der Waals surface area contributed by atoms with Crippen molar-refractivity contribution in [1.29, 1.82) is 0 Å². The molecule has 1 heterocycles. The SMILES string of the molecule is CCCNC1COCC1C(=O)NC(C1CC1)C1CC1. The Labute approximate surface area is 115 Å². The van der Waals surface area contributed by atoms with Gasteiger partial charge < -0.3 is 15.4 Å². The Kier molecular flexibility index (Phi) is 4.08. The Bertz CT molecular complexity index is 314. The van der Waals surface area contributed by atoms with Crippen LogP contribution in [0.15, 0.2) is 0 Å². The molecule has 2 unspecified atom stereocenters. The summed E-state index contributed by atoms with van der Waals surface area (Å²) < 4.78 is 5.50. The standard InChI is InChI=1S/C15H26N2O2/c1-2-7-16-13-9-19-8-12(13)15(18)17-14(10-3-4-10)11-5-6-11/h10-14,16H,2-9H2,1H3,(H,17,18). The number of amides is 1. The fraction of sp³-hybridized carbons (Fsp3) is 0.933. The first-order valence-electron chi connectivity index (χ1n) is 7.91. The third kappa shape index (κ3) is 3.29. The molecule has 2 N–H and O–H groups in total. The second kappa shape index (κ2) is 5.80. The van der Waals surface area contributed by atoms with Gasteiger partial charge in [0.1, 0.15) is 0 Å². The van der Waals surface area contributed by atoms with Crippen molar-refractivity contribution in [3.8, 4) is 0 Å². The number of carbonyl (C=O) groups is 1. The maximum atomic E-state index is 12.5. The second-order valence-corrected chi connectivity index (χ2v) is 6.41. The molecule has 1 amide bonds. The molecule has 0 radical (unpaired) electrons. The van der Waals surface area contributed by atoms with Crippen molar-refractivity contribution in [2.45, 2.75) is 51.1 Å². The van der Waals surface area contributed by atoms with Gasteiger partial charge in [0.15, 0.2) is 0 Å². The van der Waals surface area contributed by atoms with Crippen molar-refractivity contribution < 1.29 is 9.53 Å². The predicted octanol–water partition coefficient (Wildman–Crippen LogP) is 1.31. The summed E-state index contributed by atoms with van der Waals surface area (Å²) in [7, 11) is 0. The van der Waals surface area contributed by atoms with Crippen LogP contribution < -0.4 is 10.6 Å². The van der Waals surface area contributed by atoms with E-state index in [0.717, 1.165) is 24.8 Å². The van der Waals surface area contributed by atoms with Gasteiger partial charge in [0.2, 0.25) is 5.91 Å². The number of hydrogen-bond acceptors (Lipinski definition) is 3. The summed E-state index contributed by atoms with van der Waals surface area (Å²) in [6, 6.07) is 0.666.